The number of carbonyl (C=O) groups excluding carboxylic acids is 1. The lowest BCUT2D eigenvalue weighted by atomic mass is 10.2. The maximum absolute atomic E-state index is 12.3. The lowest BCUT2D eigenvalue weighted by molar-refractivity contribution is -0.130. The number of hydrogen-bond acceptors (Lipinski definition) is 7. The first kappa shape index (κ1) is 15.1. The maximum Gasteiger partial charge on any atom is 0.235 e. The van der Waals surface area contributed by atoms with Gasteiger partial charge in [0.1, 0.15) is 6.33 Å². The van der Waals surface area contributed by atoms with Crippen LogP contribution in [-0.2, 0) is 14.6 Å². The van der Waals surface area contributed by atoms with Crippen molar-refractivity contribution in [3.05, 3.63) is 6.33 Å². The summed E-state index contributed by atoms with van der Waals surface area (Å²) in [4.78, 5) is 13.8. The van der Waals surface area contributed by atoms with Gasteiger partial charge in [-0.1, -0.05) is 11.8 Å². The van der Waals surface area contributed by atoms with Crippen molar-refractivity contribution in [2.24, 2.45) is 0 Å². The van der Waals surface area contributed by atoms with E-state index in [-0.39, 0.29) is 23.5 Å². The van der Waals surface area contributed by atoms with Gasteiger partial charge in [-0.3, -0.25) is 4.79 Å². The SMILES string of the molecule is CC(Sc1nncn1N)C(=O)N(C)C1CCS(=O)(=O)C1. The van der Waals surface area contributed by atoms with E-state index in [1.165, 1.54) is 27.7 Å². The average molecular weight is 319 g/mol. The van der Waals surface area contributed by atoms with Crippen molar-refractivity contribution in [1.29, 1.82) is 0 Å². The zero-order chi connectivity index (χ0) is 14.9. The van der Waals surface area contributed by atoms with E-state index in [2.05, 4.69) is 10.2 Å². The Kier molecular flexibility index (Phi) is 4.23. The van der Waals surface area contributed by atoms with E-state index in [4.69, 9.17) is 5.84 Å². The summed E-state index contributed by atoms with van der Waals surface area (Å²) in [7, 11) is -1.37. The number of nitrogens with zero attached hydrogens (tertiary/aromatic N) is 4. The molecule has 1 aromatic heterocycles. The highest BCUT2D eigenvalue weighted by atomic mass is 32.2. The molecule has 2 heterocycles. The van der Waals surface area contributed by atoms with Crippen LogP contribution in [0.5, 0.6) is 0 Å². The molecule has 2 unspecified atom stereocenters. The molecule has 1 amide bonds. The van der Waals surface area contributed by atoms with Gasteiger partial charge in [-0.2, -0.15) is 0 Å². The van der Waals surface area contributed by atoms with Crippen molar-refractivity contribution in [3.8, 4) is 0 Å². The Bertz CT molecular complexity index is 600. The number of nitrogens with two attached hydrogens (primary N) is 1. The summed E-state index contributed by atoms with van der Waals surface area (Å²) in [6, 6.07) is -0.244. The summed E-state index contributed by atoms with van der Waals surface area (Å²) >= 11 is 1.20. The van der Waals surface area contributed by atoms with Crippen LogP contribution >= 0.6 is 11.8 Å². The fourth-order valence-electron chi connectivity index (χ4n) is 2.07. The number of amides is 1. The van der Waals surface area contributed by atoms with Crippen LogP contribution < -0.4 is 5.84 Å². The van der Waals surface area contributed by atoms with Crippen LogP contribution in [0.1, 0.15) is 13.3 Å². The van der Waals surface area contributed by atoms with Gasteiger partial charge < -0.3 is 10.7 Å². The molecule has 8 nitrogen and oxygen atoms in total. The summed E-state index contributed by atoms with van der Waals surface area (Å²) in [6.07, 6.45) is 1.85. The molecule has 1 saturated heterocycles. The Morgan fingerprint density at radius 2 is 2.35 bits per heavy atom. The molecule has 0 aromatic carbocycles. The first-order valence-corrected chi connectivity index (χ1v) is 8.79. The van der Waals surface area contributed by atoms with E-state index >= 15 is 0 Å². The highest BCUT2D eigenvalue weighted by Gasteiger charge is 2.34. The zero-order valence-corrected chi connectivity index (χ0v) is 12.9. The van der Waals surface area contributed by atoms with Crippen LogP contribution in [0, 0.1) is 0 Å². The lowest BCUT2D eigenvalue weighted by Gasteiger charge is -2.26. The molecular weight excluding hydrogens is 302 g/mol. The molecule has 2 N–H and O–H groups in total. The van der Waals surface area contributed by atoms with Gasteiger partial charge in [0, 0.05) is 13.1 Å². The zero-order valence-electron chi connectivity index (χ0n) is 11.3. The van der Waals surface area contributed by atoms with E-state index < -0.39 is 15.1 Å². The van der Waals surface area contributed by atoms with Crippen LogP contribution in [-0.4, -0.2) is 63.9 Å². The minimum Gasteiger partial charge on any atom is -0.341 e. The summed E-state index contributed by atoms with van der Waals surface area (Å²) in [5.41, 5.74) is 0. The van der Waals surface area contributed by atoms with Gasteiger partial charge in [0.2, 0.25) is 11.1 Å². The molecule has 10 heteroatoms. The minimum atomic E-state index is -3.00. The number of carbonyl (C=O) groups is 1. The minimum absolute atomic E-state index is 0.0414. The first-order valence-electron chi connectivity index (χ1n) is 6.09. The highest BCUT2D eigenvalue weighted by Crippen LogP contribution is 2.23. The predicted octanol–water partition coefficient (Wildman–Crippen LogP) is -0.882. The quantitative estimate of drug-likeness (QED) is 0.566. The summed E-state index contributed by atoms with van der Waals surface area (Å²) in [6.45, 7) is 1.74. The largest absolute Gasteiger partial charge is 0.341 e. The van der Waals surface area contributed by atoms with Crippen LogP contribution in [0.3, 0.4) is 0 Å². The third-order valence-electron chi connectivity index (χ3n) is 3.27. The molecule has 112 valence electrons. The molecule has 0 radical (unpaired) electrons. The monoisotopic (exact) mass is 319 g/mol. The molecule has 0 bridgehead atoms. The van der Waals surface area contributed by atoms with Crippen LogP contribution in [0.2, 0.25) is 0 Å². The molecule has 0 saturated carbocycles. The Hall–Kier alpha value is -1.29. The third kappa shape index (κ3) is 3.23. The second kappa shape index (κ2) is 5.60. The summed E-state index contributed by atoms with van der Waals surface area (Å²) in [5, 5.41) is 7.48. The second-order valence-corrected chi connectivity index (χ2v) is 8.32. The fraction of sp³-hybridized carbons (Fsp3) is 0.700. The smallest absolute Gasteiger partial charge is 0.235 e. The van der Waals surface area contributed by atoms with Gasteiger partial charge in [-0.15, -0.1) is 10.2 Å². The highest BCUT2D eigenvalue weighted by molar-refractivity contribution is 8.00. The first-order chi connectivity index (χ1) is 9.30. The van der Waals surface area contributed by atoms with Crippen molar-refractivity contribution < 1.29 is 13.2 Å². The van der Waals surface area contributed by atoms with E-state index in [1.807, 2.05) is 0 Å². The van der Waals surface area contributed by atoms with Crippen molar-refractivity contribution >= 4 is 27.5 Å². The summed E-state index contributed by atoms with van der Waals surface area (Å²) in [5.74, 6) is 5.64. The predicted molar refractivity (Wildman–Crippen MR) is 75.3 cm³/mol. The average Bonchev–Trinajstić information content (AvgIpc) is 2.94. The lowest BCUT2D eigenvalue weighted by Crippen LogP contribution is -2.41. The molecule has 1 fully saturated rings. The van der Waals surface area contributed by atoms with E-state index in [1.54, 1.807) is 14.0 Å². The Balaban J connectivity index is 1.98. The molecule has 0 spiro atoms. The Morgan fingerprint density at radius 1 is 1.65 bits per heavy atom. The van der Waals surface area contributed by atoms with Gasteiger partial charge >= 0.3 is 0 Å². The van der Waals surface area contributed by atoms with Crippen molar-refractivity contribution in [3.63, 3.8) is 0 Å². The van der Waals surface area contributed by atoms with E-state index in [0.29, 0.717) is 11.6 Å². The molecule has 1 aromatic rings. The van der Waals surface area contributed by atoms with Crippen molar-refractivity contribution in [1.82, 2.24) is 19.8 Å². The van der Waals surface area contributed by atoms with Gasteiger partial charge in [-0.25, -0.2) is 13.1 Å². The van der Waals surface area contributed by atoms with Crippen LogP contribution in [0.4, 0.5) is 0 Å². The van der Waals surface area contributed by atoms with Crippen molar-refractivity contribution in [2.45, 2.75) is 29.8 Å². The molecule has 2 atom stereocenters. The third-order valence-corrected chi connectivity index (χ3v) is 6.08. The number of sulfone groups is 1. The molecule has 0 aliphatic carbocycles. The number of nitrogen functional groups attached to an aromatic ring is 1. The van der Waals surface area contributed by atoms with Gasteiger partial charge in [-0.05, 0) is 13.3 Å². The van der Waals surface area contributed by atoms with E-state index in [0.717, 1.165) is 0 Å². The maximum atomic E-state index is 12.3. The van der Waals surface area contributed by atoms with Gasteiger partial charge in [0.05, 0.1) is 16.8 Å². The molecule has 1 aliphatic heterocycles. The van der Waals surface area contributed by atoms with Gasteiger partial charge in [0.15, 0.2) is 9.84 Å². The van der Waals surface area contributed by atoms with Crippen LogP contribution in [0.15, 0.2) is 11.5 Å². The number of rotatable bonds is 4. The molecule has 20 heavy (non-hydrogen) atoms. The Labute approximate surface area is 121 Å². The van der Waals surface area contributed by atoms with Crippen molar-refractivity contribution in [2.75, 3.05) is 24.4 Å². The molecule has 1 aliphatic rings. The number of thioether (sulfide) groups is 1. The van der Waals surface area contributed by atoms with E-state index in [9.17, 15) is 13.2 Å². The van der Waals surface area contributed by atoms with Crippen LogP contribution in [0.25, 0.3) is 0 Å². The number of aromatic nitrogens is 3. The fourth-order valence-corrected chi connectivity index (χ4v) is 4.69. The Morgan fingerprint density at radius 3 is 2.85 bits per heavy atom. The second-order valence-electron chi connectivity index (χ2n) is 4.79. The number of hydrogen-bond donors (Lipinski definition) is 1. The molecular formula is C10H17N5O3S2. The topological polar surface area (TPSA) is 111 Å². The molecule has 2 rings (SSSR count). The summed E-state index contributed by atoms with van der Waals surface area (Å²) < 4.78 is 24.2. The normalized spacial score (nSPS) is 22.6. The van der Waals surface area contributed by atoms with Gasteiger partial charge in [0.25, 0.3) is 0 Å². The standard InChI is InChI=1S/C10H17N5O3S2/c1-7(19-10-13-12-6-15(10)11)9(16)14(2)8-3-4-20(17,18)5-8/h6-8H,3-5,11H2,1-2H3.